The highest BCUT2D eigenvalue weighted by molar-refractivity contribution is 5.34. The Kier molecular flexibility index (Phi) is 5.74. The summed E-state index contributed by atoms with van der Waals surface area (Å²) in [5.41, 5.74) is 2.81. The van der Waals surface area contributed by atoms with E-state index in [1.54, 1.807) is 24.3 Å². The van der Waals surface area contributed by atoms with Crippen LogP contribution in [-0.4, -0.2) is 34.1 Å². The van der Waals surface area contributed by atoms with Crippen LogP contribution in [0.4, 0.5) is 0 Å². The standard InChI is InChI=1S/C17H22N4O2/c1-12(17-10-20-21(3)13(17)2)19-9-15(22)11-23-16-6-4-14(8-18)5-7-16/h4-7,10,12,15,19,22H,9,11H2,1-3H3/t12-,15-/m1/s1. The summed E-state index contributed by atoms with van der Waals surface area (Å²) in [4.78, 5) is 0. The third-order valence-electron chi connectivity index (χ3n) is 3.83. The Labute approximate surface area is 136 Å². The summed E-state index contributed by atoms with van der Waals surface area (Å²) in [6.45, 7) is 4.67. The average molecular weight is 314 g/mol. The number of aliphatic hydroxyl groups excluding tert-OH is 1. The van der Waals surface area contributed by atoms with Gasteiger partial charge in [-0.25, -0.2) is 0 Å². The summed E-state index contributed by atoms with van der Waals surface area (Å²) in [7, 11) is 1.91. The number of rotatable bonds is 7. The van der Waals surface area contributed by atoms with Gasteiger partial charge < -0.3 is 15.2 Å². The summed E-state index contributed by atoms with van der Waals surface area (Å²) in [5, 5.41) is 26.3. The second kappa shape index (κ2) is 7.77. The molecule has 2 aromatic rings. The van der Waals surface area contributed by atoms with E-state index < -0.39 is 6.10 Å². The number of nitrogens with one attached hydrogen (secondary N) is 1. The fraction of sp³-hybridized carbons (Fsp3) is 0.412. The molecule has 1 aromatic heterocycles. The predicted molar refractivity (Wildman–Crippen MR) is 87.0 cm³/mol. The molecule has 2 N–H and O–H groups in total. The van der Waals surface area contributed by atoms with Crippen LogP contribution in [0.25, 0.3) is 0 Å². The van der Waals surface area contributed by atoms with Crippen molar-refractivity contribution in [2.75, 3.05) is 13.2 Å². The zero-order chi connectivity index (χ0) is 16.8. The maximum atomic E-state index is 10.0. The van der Waals surface area contributed by atoms with Gasteiger partial charge in [0.1, 0.15) is 18.5 Å². The van der Waals surface area contributed by atoms with Gasteiger partial charge in [0.15, 0.2) is 0 Å². The highest BCUT2D eigenvalue weighted by atomic mass is 16.5. The van der Waals surface area contributed by atoms with Crippen LogP contribution in [0, 0.1) is 18.3 Å². The Morgan fingerprint density at radius 2 is 2.09 bits per heavy atom. The van der Waals surface area contributed by atoms with Crippen LogP contribution in [0.1, 0.15) is 29.8 Å². The number of ether oxygens (including phenoxy) is 1. The van der Waals surface area contributed by atoms with Crippen LogP contribution in [0.2, 0.25) is 0 Å². The lowest BCUT2D eigenvalue weighted by atomic mass is 10.1. The number of aromatic nitrogens is 2. The van der Waals surface area contributed by atoms with Gasteiger partial charge in [-0.3, -0.25) is 4.68 Å². The van der Waals surface area contributed by atoms with Crippen molar-refractivity contribution in [2.45, 2.75) is 26.0 Å². The van der Waals surface area contributed by atoms with Gasteiger partial charge in [0.05, 0.1) is 17.8 Å². The van der Waals surface area contributed by atoms with Crippen LogP contribution in [0.3, 0.4) is 0 Å². The molecule has 0 spiro atoms. The Morgan fingerprint density at radius 1 is 1.39 bits per heavy atom. The molecule has 0 radical (unpaired) electrons. The highest BCUT2D eigenvalue weighted by Gasteiger charge is 2.13. The van der Waals surface area contributed by atoms with E-state index in [1.165, 1.54) is 0 Å². The van der Waals surface area contributed by atoms with Gasteiger partial charge in [0.25, 0.3) is 0 Å². The zero-order valence-electron chi connectivity index (χ0n) is 13.7. The van der Waals surface area contributed by atoms with E-state index in [9.17, 15) is 5.11 Å². The molecule has 1 heterocycles. The fourth-order valence-electron chi connectivity index (χ4n) is 2.24. The zero-order valence-corrected chi connectivity index (χ0v) is 13.7. The molecule has 0 aliphatic rings. The molecule has 0 aliphatic heterocycles. The Hall–Kier alpha value is -2.36. The fourth-order valence-corrected chi connectivity index (χ4v) is 2.24. The number of benzene rings is 1. The van der Waals surface area contributed by atoms with E-state index in [0.717, 1.165) is 11.3 Å². The van der Waals surface area contributed by atoms with Crippen molar-refractivity contribution >= 4 is 0 Å². The van der Waals surface area contributed by atoms with Gasteiger partial charge >= 0.3 is 0 Å². The van der Waals surface area contributed by atoms with E-state index >= 15 is 0 Å². The second-order valence-electron chi connectivity index (χ2n) is 5.54. The molecule has 2 atom stereocenters. The van der Waals surface area contributed by atoms with Gasteiger partial charge in [-0.15, -0.1) is 0 Å². The number of hydrogen-bond acceptors (Lipinski definition) is 5. The first-order valence-corrected chi connectivity index (χ1v) is 7.54. The van der Waals surface area contributed by atoms with Gasteiger partial charge in [-0.05, 0) is 38.1 Å². The molecule has 6 heteroatoms. The molecule has 1 aromatic carbocycles. The maximum Gasteiger partial charge on any atom is 0.119 e. The minimum Gasteiger partial charge on any atom is -0.491 e. The first-order chi connectivity index (χ1) is 11.0. The number of nitrogens with zero attached hydrogens (tertiary/aromatic N) is 3. The third kappa shape index (κ3) is 4.55. The minimum atomic E-state index is -0.620. The molecule has 0 bridgehead atoms. The number of aliphatic hydroxyl groups is 1. The van der Waals surface area contributed by atoms with Crippen LogP contribution in [0.15, 0.2) is 30.5 Å². The van der Waals surface area contributed by atoms with E-state index in [-0.39, 0.29) is 12.6 Å². The lowest BCUT2D eigenvalue weighted by Gasteiger charge is -2.17. The number of aryl methyl sites for hydroxylation is 1. The normalized spacial score (nSPS) is 13.3. The molecule has 2 rings (SSSR count). The maximum absolute atomic E-state index is 10.0. The highest BCUT2D eigenvalue weighted by Crippen LogP contribution is 2.16. The summed E-state index contributed by atoms with van der Waals surface area (Å²) in [5.74, 6) is 0.638. The molecule has 0 fully saturated rings. The number of nitriles is 1. The SMILES string of the molecule is Cc1c([C@@H](C)NC[C@@H](O)COc2ccc(C#N)cc2)cnn1C. The first kappa shape index (κ1) is 17.0. The van der Waals surface area contributed by atoms with Crippen LogP contribution in [-0.2, 0) is 7.05 Å². The Balaban J connectivity index is 1.77. The molecule has 23 heavy (non-hydrogen) atoms. The lowest BCUT2D eigenvalue weighted by Crippen LogP contribution is -2.33. The summed E-state index contributed by atoms with van der Waals surface area (Å²) >= 11 is 0. The minimum absolute atomic E-state index is 0.105. The van der Waals surface area contributed by atoms with Gasteiger partial charge in [0.2, 0.25) is 0 Å². The van der Waals surface area contributed by atoms with Gasteiger partial charge in [-0.1, -0.05) is 0 Å². The third-order valence-corrected chi connectivity index (χ3v) is 3.83. The first-order valence-electron chi connectivity index (χ1n) is 7.54. The molecular weight excluding hydrogens is 292 g/mol. The molecule has 0 saturated carbocycles. The smallest absolute Gasteiger partial charge is 0.119 e. The molecule has 122 valence electrons. The van der Waals surface area contributed by atoms with Crippen molar-refractivity contribution in [3.63, 3.8) is 0 Å². The van der Waals surface area contributed by atoms with E-state index in [4.69, 9.17) is 10.00 Å². The van der Waals surface area contributed by atoms with Gasteiger partial charge in [-0.2, -0.15) is 10.4 Å². The van der Waals surface area contributed by atoms with E-state index in [0.29, 0.717) is 17.9 Å². The molecule has 0 unspecified atom stereocenters. The molecule has 0 saturated heterocycles. The monoisotopic (exact) mass is 314 g/mol. The van der Waals surface area contributed by atoms with E-state index in [1.807, 2.05) is 31.8 Å². The number of hydrogen-bond donors (Lipinski definition) is 2. The van der Waals surface area contributed by atoms with Crippen molar-refractivity contribution in [1.29, 1.82) is 5.26 Å². The topological polar surface area (TPSA) is 83.1 Å². The average Bonchev–Trinajstić information content (AvgIpc) is 2.90. The van der Waals surface area contributed by atoms with Crippen molar-refractivity contribution in [2.24, 2.45) is 7.05 Å². The van der Waals surface area contributed by atoms with Crippen molar-refractivity contribution in [3.8, 4) is 11.8 Å². The molecule has 0 aliphatic carbocycles. The van der Waals surface area contributed by atoms with Crippen LogP contribution < -0.4 is 10.1 Å². The summed E-state index contributed by atoms with van der Waals surface area (Å²) < 4.78 is 7.35. The Bertz CT molecular complexity index is 673. The van der Waals surface area contributed by atoms with Crippen molar-refractivity contribution < 1.29 is 9.84 Å². The summed E-state index contributed by atoms with van der Waals surface area (Å²) in [6.07, 6.45) is 1.22. The predicted octanol–water partition coefficient (Wildman–Crippen LogP) is 1.69. The summed E-state index contributed by atoms with van der Waals surface area (Å²) in [6, 6.07) is 8.98. The van der Waals surface area contributed by atoms with Crippen LogP contribution >= 0.6 is 0 Å². The second-order valence-corrected chi connectivity index (χ2v) is 5.54. The largest absolute Gasteiger partial charge is 0.491 e. The van der Waals surface area contributed by atoms with E-state index in [2.05, 4.69) is 16.5 Å². The quantitative estimate of drug-likeness (QED) is 0.812. The van der Waals surface area contributed by atoms with Crippen molar-refractivity contribution in [3.05, 3.63) is 47.3 Å². The van der Waals surface area contributed by atoms with Crippen molar-refractivity contribution in [1.82, 2.24) is 15.1 Å². The molecule has 6 nitrogen and oxygen atoms in total. The molecular formula is C17H22N4O2. The Morgan fingerprint density at radius 3 is 2.65 bits per heavy atom. The van der Waals surface area contributed by atoms with Gasteiger partial charge in [0, 0.05) is 30.9 Å². The molecule has 0 amide bonds. The lowest BCUT2D eigenvalue weighted by molar-refractivity contribution is 0.104. The van der Waals surface area contributed by atoms with Crippen LogP contribution in [0.5, 0.6) is 5.75 Å².